The van der Waals surface area contributed by atoms with Crippen molar-refractivity contribution < 1.29 is 23.2 Å². The van der Waals surface area contributed by atoms with Crippen molar-refractivity contribution in [2.45, 2.75) is 13.8 Å². The Kier molecular flexibility index (Phi) is 2.79. The molecule has 0 unspecified atom stereocenters. The van der Waals surface area contributed by atoms with Gasteiger partial charge in [-0.3, -0.25) is 10.1 Å². The van der Waals surface area contributed by atoms with E-state index in [9.17, 15) is 18.9 Å². The Bertz CT molecular complexity index is 789. The molecule has 5 nitrogen and oxygen atoms in total. The van der Waals surface area contributed by atoms with Crippen LogP contribution in [0.4, 0.5) is 14.5 Å². The lowest BCUT2D eigenvalue weighted by atomic mass is 10.1. The molecule has 0 N–H and O–H groups in total. The predicted molar refractivity (Wildman–Crippen MR) is 69.1 cm³/mol. The van der Waals surface area contributed by atoms with Crippen LogP contribution in [0.3, 0.4) is 0 Å². The van der Waals surface area contributed by atoms with Crippen molar-refractivity contribution in [1.29, 1.82) is 0 Å². The Morgan fingerprint density at radius 2 is 1.52 bits per heavy atom. The van der Waals surface area contributed by atoms with Crippen LogP contribution >= 0.6 is 0 Å². The van der Waals surface area contributed by atoms with E-state index in [2.05, 4.69) is 0 Å². The van der Waals surface area contributed by atoms with Gasteiger partial charge in [-0.1, -0.05) is 0 Å². The molecule has 1 heterocycles. The lowest BCUT2D eigenvalue weighted by Crippen LogP contribution is -2.06. The van der Waals surface area contributed by atoms with Crippen molar-refractivity contribution in [1.82, 2.24) is 0 Å². The fraction of sp³-hybridized carbons (Fsp3) is 0.143. The molecule has 108 valence electrons. The van der Waals surface area contributed by atoms with Crippen molar-refractivity contribution in [3.63, 3.8) is 0 Å². The van der Waals surface area contributed by atoms with Crippen LogP contribution in [-0.4, -0.2) is 4.92 Å². The summed E-state index contributed by atoms with van der Waals surface area (Å²) in [7, 11) is 0. The molecule has 1 aliphatic heterocycles. The zero-order valence-corrected chi connectivity index (χ0v) is 11.1. The van der Waals surface area contributed by atoms with Crippen LogP contribution in [0.25, 0.3) is 0 Å². The molecule has 1 aliphatic rings. The van der Waals surface area contributed by atoms with Gasteiger partial charge in [-0.15, -0.1) is 0 Å². The molecule has 0 atom stereocenters. The van der Waals surface area contributed by atoms with Gasteiger partial charge in [-0.25, -0.2) is 8.78 Å². The fourth-order valence-electron chi connectivity index (χ4n) is 2.11. The molecule has 0 fully saturated rings. The van der Waals surface area contributed by atoms with Crippen LogP contribution in [0, 0.1) is 35.6 Å². The van der Waals surface area contributed by atoms with Gasteiger partial charge in [-0.05, 0) is 19.9 Å². The van der Waals surface area contributed by atoms with E-state index >= 15 is 0 Å². The first-order valence-corrected chi connectivity index (χ1v) is 6.02. The third-order valence-electron chi connectivity index (χ3n) is 3.30. The smallest absolute Gasteiger partial charge is 0.273 e. The quantitative estimate of drug-likeness (QED) is 0.493. The second-order valence-electron chi connectivity index (χ2n) is 4.63. The molecule has 0 aliphatic carbocycles. The number of ether oxygens (including phenoxy) is 2. The first-order valence-electron chi connectivity index (χ1n) is 6.02. The Balaban J connectivity index is 2.17. The summed E-state index contributed by atoms with van der Waals surface area (Å²) in [6.45, 7) is 2.72. The number of non-ortho nitro benzene ring substituents is 1. The highest BCUT2D eigenvalue weighted by atomic mass is 19.2. The molecule has 0 radical (unpaired) electrons. The van der Waals surface area contributed by atoms with Gasteiger partial charge in [-0.2, -0.15) is 0 Å². The highest BCUT2D eigenvalue weighted by Crippen LogP contribution is 2.50. The van der Waals surface area contributed by atoms with Gasteiger partial charge >= 0.3 is 0 Å². The van der Waals surface area contributed by atoms with Crippen LogP contribution in [0.2, 0.25) is 0 Å². The zero-order valence-electron chi connectivity index (χ0n) is 11.1. The topological polar surface area (TPSA) is 61.6 Å². The first-order chi connectivity index (χ1) is 9.90. The Hall–Kier alpha value is -2.70. The summed E-state index contributed by atoms with van der Waals surface area (Å²) in [6, 6.07) is 3.77. The number of nitro groups is 1. The van der Waals surface area contributed by atoms with Gasteiger partial charge < -0.3 is 9.47 Å². The Morgan fingerprint density at radius 3 is 2.05 bits per heavy atom. The highest BCUT2D eigenvalue weighted by molar-refractivity contribution is 5.62. The molecular formula is C14H9F2NO4. The third kappa shape index (κ3) is 1.89. The Morgan fingerprint density at radius 1 is 1.00 bits per heavy atom. The number of hydrogen-bond acceptors (Lipinski definition) is 4. The van der Waals surface area contributed by atoms with Crippen LogP contribution in [0.1, 0.15) is 11.1 Å². The van der Waals surface area contributed by atoms with E-state index < -0.39 is 16.6 Å². The molecule has 2 aromatic carbocycles. The predicted octanol–water partition coefficient (Wildman–Crippen LogP) is 4.39. The second-order valence-corrected chi connectivity index (χ2v) is 4.63. The van der Waals surface area contributed by atoms with Gasteiger partial charge in [0, 0.05) is 17.2 Å². The summed E-state index contributed by atoms with van der Waals surface area (Å²) in [5.74, 6) is -1.62. The monoisotopic (exact) mass is 293 g/mol. The molecule has 0 saturated carbocycles. The summed E-state index contributed by atoms with van der Waals surface area (Å²) >= 11 is 0. The summed E-state index contributed by atoms with van der Waals surface area (Å²) in [5, 5.41) is 10.8. The molecular weight excluding hydrogens is 284 g/mol. The summed E-state index contributed by atoms with van der Waals surface area (Å²) in [4.78, 5) is 10.2. The maximum atomic E-state index is 13.7. The van der Waals surface area contributed by atoms with Crippen molar-refractivity contribution in [3.8, 4) is 23.0 Å². The molecule has 0 bridgehead atoms. The molecule has 3 rings (SSSR count). The van der Waals surface area contributed by atoms with Gasteiger partial charge in [0.15, 0.2) is 34.6 Å². The van der Waals surface area contributed by atoms with E-state index in [0.29, 0.717) is 0 Å². The normalized spacial score (nSPS) is 12.0. The van der Waals surface area contributed by atoms with Crippen LogP contribution in [-0.2, 0) is 0 Å². The number of nitrogens with zero attached hydrogens (tertiary/aromatic N) is 1. The number of benzene rings is 2. The van der Waals surface area contributed by atoms with E-state index in [1.54, 1.807) is 0 Å². The summed E-state index contributed by atoms with van der Waals surface area (Å²) in [6.07, 6.45) is 0. The number of nitro benzene ring substituents is 1. The van der Waals surface area contributed by atoms with Gasteiger partial charge in [0.05, 0.1) is 11.0 Å². The summed E-state index contributed by atoms with van der Waals surface area (Å²) in [5.41, 5.74) is -0.250. The van der Waals surface area contributed by atoms with Crippen molar-refractivity contribution in [2.24, 2.45) is 0 Å². The minimum Gasteiger partial charge on any atom is -0.449 e. The average molecular weight is 293 g/mol. The van der Waals surface area contributed by atoms with Crippen molar-refractivity contribution >= 4 is 5.69 Å². The third-order valence-corrected chi connectivity index (χ3v) is 3.30. The summed E-state index contributed by atoms with van der Waals surface area (Å²) < 4.78 is 38.5. The van der Waals surface area contributed by atoms with Crippen LogP contribution < -0.4 is 9.47 Å². The minimum atomic E-state index is -1.02. The molecule has 0 spiro atoms. The van der Waals surface area contributed by atoms with E-state index in [0.717, 1.165) is 0 Å². The largest absolute Gasteiger partial charge is 0.449 e. The standard InChI is InChI=1S/C14H9F2NO4/c1-6-11(15)12(16)7(2)14-13(6)20-9-4-3-8(17(18)19)5-10(9)21-14/h3-5H,1-2H3. The maximum absolute atomic E-state index is 13.7. The average Bonchev–Trinajstić information content (AvgIpc) is 2.48. The van der Waals surface area contributed by atoms with E-state index in [1.165, 1.54) is 32.0 Å². The van der Waals surface area contributed by atoms with Gasteiger partial charge in [0.1, 0.15) is 0 Å². The molecule has 0 aromatic heterocycles. The number of hydrogen-bond donors (Lipinski definition) is 0. The molecule has 0 saturated heterocycles. The first kappa shape index (κ1) is 13.3. The maximum Gasteiger partial charge on any atom is 0.273 e. The fourth-order valence-corrected chi connectivity index (χ4v) is 2.11. The number of halogens is 2. The highest BCUT2D eigenvalue weighted by Gasteiger charge is 2.29. The van der Waals surface area contributed by atoms with Crippen LogP contribution in [0.5, 0.6) is 23.0 Å². The number of rotatable bonds is 1. The number of fused-ring (bicyclic) bond motifs is 2. The second kappa shape index (κ2) is 4.41. The van der Waals surface area contributed by atoms with E-state index in [1.807, 2.05) is 0 Å². The van der Waals surface area contributed by atoms with Crippen molar-refractivity contribution in [2.75, 3.05) is 0 Å². The minimum absolute atomic E-state index is 0.0166. The molecule has 2 aromatic rings. The molecule has 7 heteroatoms. The van der Waals surface area contributed by atoms with Crippen LogP contribution in [0.15, 0.2) is 18.2 Å². The van der Waals surface area contributed by atoms with E-state index in [4.69, 9.17) is 9.47 Å². The van der Waals surface area contributed by atoms with Gasteiger partial charge in [0.2, 0.25) is 0 Å². The molecule has 21 heavy (non-hydrogen) atoms. The lowest BCUT2D eigenvalue weighted by Gasteiger charge is -2.23. The zero-order chi connectivity index (χ0) is 15.3. The van der Waals surface area contributed by atoms with E-state index in [-0.39, 0.29) is 39.8 Å². The molecule has 0 amide bonds. The van der Waals surface area contributed by atoms with Crippen molar-refractivity contribution in [3.05, 3.63) is 51.1 Å². The SMILES string of the molecule is Cc1c(F)c(F)c(C)c2c1Oc1ccc([N+](=O)[O-])cc1O2. The lowest BCUT2D eigenvalue weighted by molar-refractivity contribution is -0.384. The van der Waals surface area contributed by atoms with Gasteiger partial charge in [0.25, 0.3) is 5.69 Å². The Labute approximate surface area is 117 Å².